The van der Waals surface area contributed by atoms with Gasteiger partial charge < -0.3 is 19.7 Å². The number of carbonyl (C=O) groups is 2. The molecule has 0 saturated carbocycles. The van der Waals surface area contributed by atoms with Crippen molar-refractivity contribution in [3.05, 3.63) is 64.8 Å². The summed E-state index contributed by atoms with van der Waals surface area (Å²) in [5.74, 6) is 0.970. The van der Waals surface area contributed by atoms with Crippen LogP contribution in [0.15, 0.2) is 48.5 Å². The monoisotopic (exact) mass is 496 g/mol. The molecule has 0 aliphatic carbocycles. The zero-order chi connectivity index (χ0) is 25.3. The lowest BCUT2D eigenvalue weighted by Crippen LogP contribution is -2.42. The molecule has 1 N–H and O–H groups in total. The fraction of sp³-hybridized carbons (Fsp3) is 0.346. The van der Waals surface area contributed by atoms with E-state index in [0.717, 1.165) is 5.69 Å². The topological polar surface area (TPSA) is 85.7 Å². The summed E-state index contributed by atoms with van der Waals surface area (Å²) < 4.78 is 12.3. The highest BCUT2D eigenvalue weighted by molar-refractivity contribution is 6.32. The van der Waals surface area contributed by atoms with E-state index in [4.69, 9.17) is 26.2 Å². The minimum atomic E-state index is -0.346. The van der Waals surface area contributed by atoms with E-state index >= 15 is 0 Å². The second-order valence-corrected chi connectivity index (χ2v) is 10.1. The van der Waals surface area contributed by atoms with Crippen LogP contribution >= 0.6 is 11.6 Å². The van der Waals surface area contributed by atoms with Gasteiger partial charge in [-0.1, -0.05) is 44.5 Å². The van der Waals surface area contributed by atoms with E-state index in [0.29, 0.717) is 33.6 Å². The van der Waals surface area contributed by atoms with Gasteiger partial charge in [0.25, 0.3) is 5.91 Å². The maximum atomic E-state index is 13.3. The number of nitrogens with zero attached hydrogens (tertiary/aromatic N) is 3. The van der Waals surface area contributed by atoms with E-state index in [9.17, 15) is 9.59 Å². The predicted molar refractivity (Wildman–Crippen MR) is 135 cm³/mol. The summed E-state index contributed by atoms with van der Waals surface area (Å²) in [7, 11) is 0. The quantitative estimate of drug-likeness (QED) is 0.516. The third-order valence-electron chi connectivity index (χ3n) is 5.64. The molecule has 0 radical (unpaired) electrons. The molecule has 1 aromatic heterocycles. The largest absolute Gasteiger partial charge is 0.454 e. The SMILES string of the molecule is CC(C)N(CC(=O)Nc1cc(C(C)(C)C)nn1-c1ccccc1Cl)C(=O)c1ccc2c(c1)OCO2. The summed E-state index contributed by atoms with van der Waals surface area (Å²) in [5.41, 5.74) is 1.62. The fourth-order valence-electron chi connectivity index (χ4n) is 3.67. The number of ether oxygens (including phenoxy) is 2. The van der Waals surface area contributed by atoms with Gasteiger partial charge in [0.2, 0.25) is 12.7 Å². The van der Waals surface area contributed by atoms with Gasteiger partial charge in [-0.3, -0.25) is 9.59 Å². The Kier molecular flexibility index (Phi) is 6.76. The van der Waals surface area contributed by atoms with Crippen LogP contribution in [0.5, 0.6) is 11.5 Å². The van der Waals surface area contributed by atoms with Crippen LogP contribution in [-0.4, -0.2) is 45.9 Å². The van der Waals surface area contributed by atoms with E-state index in [1.54, 1.807) is 28.9 Å². The summed E-state index contributed by atoms with van der Waals surface area (Å²) in [6.45, 7) is 9.85. The summed E-state index contributed by atoms with van der Waals surface area (Å²) in [4.78, 5) is 27.9. The van der Waals surface area contributed by atoms with Gasteiger partial charge >= 0.3 is 0 Å². The van der Waals surface area contributed by atoms with E-state index in [-0.39, 0.29) is 36.6 Å². The lowest BCUT2D eigenvalue weighted by molar-refractivity contribution is -0.117. The Balaban J connectivity index is 1.58. The number of rotatable bonds is 6. The van der Waals surface area contributed by atoms with Crippen molar-refractivity contribution in [3.8, 4) is 17.2 Å². The Bertz CT molecular complexity index is 1260. The number of hydrogen-bond acceptors (Lipinski definition) is 5. The lowest BCUT2D eigenvalue weighted by atomic mass is 9.92. The van der Waals surface area contributed by atoms with Crippen LogP contribution in [0.4, 0.5) is 5.82 Å². The Morgan fingerprint density at radius 1 is 1.11 bits per heavy atom. The number of halogens is 1. The van der Waals surface area contributed by atoms with Crippen molar-refractivity contribution in [2.75, 3.05) is 18.7 Å². The Hall–Kier alpha value is -3.52. The fourth-order valence-corrected chi connectivity index (χ4v) is 3.88. The Morgan fingerprint density at radius 2 is 1.83 bits per heavy atom. The molecule has 9 heteroatoms. The summed E-state index contributed by atoms with van der Waals surface area (Å²) >= 11 is 6.42. The molecule has 0 atom stereocenters. The standard InChI is InChI=1S/C26H29ClN4O4/c1-16(2)30(25(33)17-10-11-20-21(12-17)35-15-34-20)14-24(32)28-23-13-22(26(3,4)5)29-31(23)19-9-7-6-8-18(19)27/h6-13,16H,14-15H2,1-5H3,(H,28,32). The first kappa shape index (κ1) is 24.6. The molecule has 2 heterocycles. The summed E-state index contributed by atoms with van der Waals surface area (Å²) in [6.07, 6.45) is 0. The van der Waals surface area contributed by atoms with Crippen LogP contribution in [0.3, 0.4) is 0 Å². The minimum Gasteiger partial charge on any atom is -0.454 e. The Labute approximate surface area is 209 Å². The number of nitrogens with one attached hydrogen (secondary N) is 1. The third-order valence-corrected chi connectivity index (χ3v) is 5.96. The van der Waals surface area contributed by atoms with Gasteiger partial charge in [0.15, 0.2) is 11.5 Å². The van der Waals surface area contributed by atoms with Crippen LogP contribution in [-0.2, 0) is 10.2 Å². The molecule has 35 heavy (non-hydrogen) atoms. The van der Waals surface area contributed by atoms with Gasteiger partial charge in [0.05, 0.1) is 16.4 Å². The molecule has 8 nitrogen and oxygen atoms in total. The number of fused-ring (bicyclic) bond motifs is 1. The number of aromatic nitrogens is 2. The second-order valence-electron chi connectivity index (χ2n) is 9.67. The van der Waals surface area contributed by atoms with Crippen molar-refractivity contribution < 1.29 is 19.1 Å². The van der Waals surface area contributed by atoms with E-state index in [1.807, 2.05) is 58.9 Å². The van der Waals surface area contributed by atoms with Crippen LogP contribution < -0.4 is 14.8 Å². The molecular formula is C26H29ClN4O4. The molecule has 2 amide bonds. The number of benzene rings is 2. The van der Waals surface area contributed by atoms with Crippen molar-refractivity contribution in [2.24, 2.45) is 0 Å². The number of anilines is 1. The average molecular weight is 497 g/mol. The van der Waals surface area contributed by atoms with E-state index in [1.165, 1.54) is 4.90 Å². The first-order valence-corrected chi connectivity index (χ1v) is 11.8. The van der Waals surface area contributed by atoms with Gasteiger partial charge in [0.1, 0.15) is 12.4 Å². The van der Waals surface area contributed by atoms with Gasteiger partial charge in [-0.05, 0) is 44.2 Å². The van der Waals surface area contributed by atoms with Crippen molar-refractivity contribution in [1.82, 2.24) is 14.7 Å². The van der Waals surface area contributed by atoms with Gasteiger partial charge in [-0.2, -0.15) is 5.10 Å². The molecule has 1 aliphatic heterocycles. The second kappa shape index (κ2) is 9.62. The highest BCUT2D eigenvalue weighted by atomic mass is 35.5. The molecule has 0 saturated heterocycles. The normalized spacial score (nSPS) is 12.7. The molecule has 1 aliphatic rings. The van der Waals surface area contributed by atoms with E-state index in [2.05, 4.69) is 5.32 Å². The lowest BCUT2D eigenvalue weighted by Gasteiger charge is -2.26. The van der Waals surface area contributed by atoms with Crippen molar-refractivity contribution in [1.29, 1.82) is 0 Å². The summed E-state index contributed by atoms with van der Waals surface area (Å²) in [5, 5.41) is 8.14. The Morgan fingerprint density at radius 3 is 2.51 bits per heavy atom. The predicted octanol–water partition coefficient (Wildman–Crippen LogP) is 5.04. The molecule has 3 aromatic rings. The molecule has 4 rings (SSSR count). The van der Waals surface area contributed by atoms with Crippen LogP contribution in [0, 0.1) is 0 Å². The third kappa shape index (κ3) is 5.27. The van der Waals surface area contributed by atoms with E-state index < -0.39 is 0 Å². The molecule has 2 aromatic carbocycles. The van der Waals surface area contributed by atoms with Gasteiger partial charge in [-0.25, -0.2) is 4.68 Å². The van der Waals surface area contributed by atoms with Crippen molar-refractivity contribution in [3.63, 3.8) is 0 Å². The average Bonchev–Trinajstić information content (AvgIpc) is 3.43. The van der Waals surface area contributed by atoms with Crippen molar-refractivity contribution >= 4 is 29.2 Å². The van der Waals surface area contributed by atoms with Crippen molar-refractivity contribution in [2.45, 2.75) is 46.1 Å². The molecule has 0 bridgehead atoms. The smallest absolute Gasteiger partial charge is 0.254 e. The minimum absolute atomic E-state index is 0.124. The molecule has 184 valence electrons. The first-order valence-electron chi connectivity index (χ1n) is 11.4. The number of amides is 2. The number of para-hydroxylation sites is 1. The highest BCUT2D eigenvalue weighted by Crippen LogP contribution is 2.33. The first-order chi connectivity index (χ1) is 16.5. The maximum Gasteiger partial charge on any atom is 0.254 e. The highest BCUT2D eigenvalue weighted by Gasteiger charge is 2.26. The van der Waals surface area contributed by atoms with Gasteiger partial charge in [0, 0.05) is 23.1 Å². The molecule has 0 unspecified atom stereocenters. The van der Waals surface area contributed by atoms with Crippen LogP contribution in [0.1, 0.15) is 50.7 Å². The van der Waals surface area contributed by atoms with Crippen LogP contribution in [0.25, 0.3) is 5.69 Å². The zero-order valence-electron chi connectivity index (χ0n) is 20.5. The molecular weight excluding hydrogens is 468 g/mol. The molecule has 0 spiro atoms. The van der Waals surface area contributed by atoms with Gasteiger partial charge in [-0.15, -0.1) is 0 Å². The number of carbonyl (C=O) groups excluding carboxylic acids is 2. The molecule has 0 fully saturated rings. The summed E-state index contributed by atoms with van der Waals surface area (Å²) in [6, 6.07) is 13.9. The number of hydrogen-bond donors (Lipinski definition) is 1. The zero-order valence-corrected chi connectivity index (χ0v) is 21.2. The van der Waals surface area contributed by atoms with Crippen LogP contribution in [0.2, 0.25) is 5.02 Å². The maximum absolute atomic E-state index is 13.3.